The molecular formula is C8H5ClN2O3S. The highest BCUT2D eigenvalue weighted by molar-refractivity contribution is 7.22. The molecule has 15 heavy (non-hydrogen) atoms. The van der Waals surface area contributed by atoms with Crippen LogP contribution in [0.3, 0.4) is 0 Å². The number of halogens is 1. The van der Waals surface area contributed by atoms with Crippen molar-refractivity contribution in [2.24, 2.45) is 0 Å². The van der Waals surface area contributed by atoms with Crippen LogP contribution < -0.4 is 4.74 Å². The van der Waals surface area contributed by atoms with Crippen LogP contribution in [0.2, 0.25) is 4.47 Å². The van der Waals surface area contributed by atoms with Gasteiger partial charge in [-0.3, -0.25) is 10.1 Å². The third-order valence-electron chi connectivity index (χ3n) is 1.85. The summed E-state index contributed by atoms with van der Waals surface area (Å²) in [5.74, 6) is 0.425. The van der Waals surface area contributed by atoms with Crippen molar-refractivity contribution in [2.45, 2.75) is 0 Å². The topological polar surface area (TPSA) is 65.3 Å². The van der Waals surface area contributed by atoms with E-state index in [9.17, 15) is 10.1 Å². The molecule has 0 spiro atoms. The monoisotopic (exact) mass is 244 g/mol. The number of hydrogen-bond acceptors (Lipinski definition) is 5. The summed E-state index contributed by atoms with van der Waals surface area (Å²) >= 11 is 6.88. The number of hydrogen-bond donors (Lipinski definition) is 0. The third kappa shape index (κ3) is 1.73. The average molecular weight is 245 g/mol. The molecule has 0 radical (unpaired) electrons. The Balaban J connectivity index is 2.79. The van der Waals surface area contributed by atoms with Crippen molar-refractivity contribution in [3.8, 4) is 5.75 Å². The zero-order valence-corrected chi connectivity index (χ0v) is 9.13. The normalized spacial score (nSPS) is 10.5. The van der Waals surface area contributed by atoms with Gasteiger partial charge in [-0.2, -0.15) is 0 Å². The van der Waals surface area contributed by atoms with Crippen molar-refractivity contribution in [1.82, 2.24) is 4.98 Å². The fourth-order valence-corrected chi connectivity index (χ4v) is 2.29. The molecule has 0 fully saturated rings. The second-order valence-corrected chi connectivity index (χ2v) is 4.33. The Labute approximate surface area is 93.4 Å². The standard InChI is InChI=1S/C8H5ClN2O3S/c1-14-4-2-5(11(12)13)7-6(3-4)15-8(9)10-7/h2-3H,1H3. The van der Waals surface area contributed by atoms with Gasteiger partial charge in [0.1, 0.15) is 5.75 Å². The van der Waals surface area contributed by atoms with E-state index in [1.807, 2.05) is 0 Å². The van der Waals surface area contributed by atoms with Gasteiger partial charge in [-0.05, 0) is 0 Å². The maximum absolute atomic E-state index is 10.8. The molecule has 1 heterocycles. The van der Waals surface area contributed by atoms with E-state index in [0.29, 0.717) is 16.0 Å². The smallest absolute Gasteiger partial charge is 0.300 e. The number of aromatic nitrogens is 1. The second kappa shape index (κ2) is 3.63. The van der Waals surface area contributed by atoms with Crippen molar-refractivity contribution >= 4 is 38.8 Å². The van der Waals surface area contributed by atoms with E-state index in [0.717, 1.165) is 0 Å². The number of fused-ring (bicyclic) bond motifs is 1. The SMILES string of the molecule is COc1cc([N+](=O)[O-])c2nc(Cl)sc2c1. The first-order valence-electron chi connectivity index (χ1n) is 3.90. The molecule has 1 aromatic carbocycles. The number of nitrogens with zero attached hydrogens (tertiary/aromatic N) is 2. The fourth-order valence-electron chi connectivity index (χ4n) is 1.22. The number of non-ortho nitro benzene ring substituents is 1. The number of rotatable bonds is 2. The summed E-state index contributed by atoms with van der Waals surface area (Å²) in [5.41, 5.74) is 0.211. The first-order chi connectivity index (χ1) is 7.11. The molecule has 0 amide bonds. The number of thiazole rings is 1. The van der Waals surface area contributed by atoms with Gasteiger partial charge in [0.2, 0.25) is 0 Å². The van der Waals surface area contributed by atoms with Gasteiger partial charge in [-0.15, -0.1) is 11.3 Å². The van der Waals surface area contributed by atoms with E-state index in [2.05, 4.69) is 4.98 Å². The van der Waals surface area contributed by atoms with E-state index in [1.165, 1.54) is 24.5 Å². The Morgan fingerprint density at radius 3 is 2.93 bits per heavy atom. The van der Waals surface area contributed by atoms with Gasteiger partial charge in [0.05, 0.1) is 22.8 Å². The molecule has 0 unspecified atom stereocenters. The molecule has 0 saturated carbocycles. The summed E-state index contributed by atoms with van der Waals surface area (Å²) in [6.45, 7) is 0. The highest BCUT2D eigenvalue weighted by Crippen LogP contribution is 2.35. The Bertz CT molecular complexity index is 540. The molecule has 0 aliphatic rings. The minimum absolute atomic E-state index is 0.0903. The second-order valence-electron chi connectivity index (χ2n) is 2.72. The molecule has 0 N–H and O–H groups in total. The number of benzene rings is 1. The van der Waals surface area contributed by atoms with Crippen LogP contribution in [0.25, 0.3) is 10.2 Å². The van der Waals surface area contributed by atoms with Gasteiger partial charge >= 0.3 is 0 Å². The lowest BCUT2D eigenvalue weighted by molar-refractivity contribution is -0.383. The van der Waals surface area contributed by atoms with Crippen LogP contribution >= 0.6 is 22.9 Å². The van der Waals surface area contributed by atoms with Gasteiger partial charge in [-0.25, -0.2) is 4.98 Å². The van der Waals surface area contributed by atoms with E-state index in [1.54, 1.807) is 6.07 Å². The predicted molar refractivity (Wildman–Crippen MR) is 57.8 cm³/mol. The van der Waals surface area contributed by atoms with E-state index >= 15 is 0 Å². The fraction of sp³-hybridized carbons (Fsp3) is 0.125. The lowest BCUT2D eigenvalue weighted by atomic mass is 10.3. The summed E-state index contributed by atoms with van der Waals surface area (Å²) < 4.78 is 5.88. The molecule has 0 bridgehead atoms. The van der Waals surface area contributed by atoms with Crippen LogP contribution in [0.15, 0.2) is 12.1 Å². The number of methoxy groups -OCH3 is 1. The molecule has 1 aromatic heterocycles. The molecule has 0 aliphatic carbocycles. The summed E-state index contributed by atoms with van der Waals surface area (Å²) in [4.78, 5) is 14.2. The van der Waals surface area contributed by atoms with Gasteiger partial charge in [-0.1, -0.05) is 11.6 Å². The van der Waals surface area contributed by atoms with E-state index in [4.69, 9.17) is 16.3 Å². The first kappa shape index (κ1) is 10.1. The molecule has 0 saturated heterocycles. The molecule has 7 heteroatoms. The molecule has 0 aliphatic heterocycles. The molecular weight excluding hydrogens is 240 g/mol. The minimum Gasteiger partial charge on any atom is -0.496 e. The molecule has 78 valence electrons. The van der Waals surface area contributed by atoms with E-state index in [-0.39, 0.29) is 10.2 Å². The minimum atomic E-state index is -0.499. The third-order valence-corrected chi connectivity index (χ3v) is 2.96. The van der Waals surface area contributed by atoms with Crippen LogP contribution in [0.5, 0.6) is 5.75 Å². The quantitative estimate of drug-likeness (QED) is 0.602. The summed E-state index contributed by atoms with van der Waals surface area (Å²) in [6, 6.07) is 3.00. The number of nitro benzene ring substituents is 1. The largest absolute Gasteiger partial charge is 0.496 e. The van der Waals surface area contributed by atoms with Gasteiger partial charge in [0.25, 0.3) is 5.69 Å². The average Bonchev–Trinajstić information content (AvgIpc) is 2.55. The zero-order valence-electron chi connectivity index (χ0n) is 7.56. The molecule has 2 rings (SSSR count). The summed E-state index contributed by atoms with van der Waals surface area (Å²) in [5, 5.41) is 10.8. The molecule has 0 atom stereocenters. The lowest BCUT2D eigenvalue weighted by Crippen LogP contribution is -1.91. The van der Waals surface area contributed by atoms with Crippen LogP contribution in [0, 0.1) is 10.1 Å². The first-order valence-corrected chi connectivity index (χ1v) is 5.09. The Morgan fingerprint density at radius 2 is 2.33 bits per heavy atom. The van der Waals surface area contributed by atoms with Crippen molar-refractivity contribution in [3.05, 3.63) is 26.7 Å². The summed E-state index contributed by atoms with van der Waals surface area (Å²) in [7, 11) is 1.45. The van der Waals surface area contributed by atoms with Gasteiger partial charge in [0, 0.05) is 6.07 Å². The Morgan fingerprint density at radius 1 is 1.60 bits per heavy atom. The van der Waals surface area contributed by atoms with Crippen LogP contribution in [0.4, 0.5) is 5.69 Å². The lowest BCUT2D eigenvalue weighted by Gasteiger charge is -1.99. The number of nitro groups is 1. The van der Waals surface area contributed by atoms with Crippen molar-refractivity contribution < 1.29 is 9.66 Å². The maximum Gasteiger partial charge on any atom is 0.300 e. The Hall–Kier alpha value is -1.40. The number of ether oxygens (including phenoxy) is 1. The predicted octanol–water partition coefficient (Wildman–Crippen LogP) is 2.87. The summed E-state index contributed by atoms with van der Waals surface area (Å²) in [6.07, 6.45) is 0. The van der Waals surface area contributed by atoms with Crippen LogP contribution in [-0.4, -0.2) is 17.0 Å². The Kier molecular flexibility index (Phi) is 2.45. The van der Waals surface area contributed by atoms with E-state index < -0.39 is 4.92 Å². The van der Waals surface area contributed by atoms with Crippen LogP contribution in [-0.2, 0) is 0 Å². The van der Waals surface area contributed by atoms with Crippen molar-refractivity contribution in [2.75, 3.05) is 7.11 Å². The van der Waals surface area contributed by atoms with Crippen LogP contribution in [0.1, 0.15) is 0 Å². The molecule has 2 aromatic rings. The highest BCUT2D eigenvalue weighted by Gasteiger charge is 2.18. The van der Waals surface area contributed by atoms with Crippen molar-refractivity contribution in [3.63, 3.8) is 0 Å². The van der Waals surface area contributed by atoms with Gasteiger partial charge in [0.15, 0.2) is 9.98 Å². The van der Waals surface area contributed by atoms with Gasteiger partial charge < -0.3 is 4.74 Å². The van der Waals surface area contributed by atoms with Crippen molar-refractivity contribution in [1.29, 1.82) is 0 Å². The highest BCUT2D eigenvalue weighted by atomic mass is 35.5. The molecule has 5 nitrogen and oxygen atoms in total. The maximum atomic E-state index is 10.8. The zero-order chi connectivity index (χ0) is 11.0.